The molecule has 1 N–H and O–H groups in total. The average molecular weight is 331 g/mol. The number of hydrogen-bond donors (Lipinski definition) is 1. The molecule has 4 nitrogen and oxygen atoms in total. The number of para-hydroxylation sites is 1. The summed E-state index contributed by atoms with van der Waals surface area (Å²) in [6.07, 6.45) is 7.03. The molecule has 1 aliphatic carbocycles. The van der Waals surface area contributed by atoms with Crippen LogP contribution < -0.4 is 10.1 Å². The van der Waals surface area contributed by atoms with Crippen LogP contribution in [0.2, 0.25) is 0 Å². The van der Waals surface area contributed by atoms with E-state index < -0.39 is 0 Å². The molecule has 0 amide bonds. The van der Waals surface area contributed by atoms with Crippen molar-refractivity contribution in [3.05, 3.63) is 72.4 Å². The van der Waals surface area contributed by atoms with Crippen molar-refractivity contribution in [2.75, 3.05) is 5.32 Å². The summed E-state index contributed by atoms with van der Waals surface area (Å²) in [4.78, 5) is 8.69. The summed E-state index contributed by atoms with van der Waals surface area (Å²) in [6.45, 7) is 0. The highest BCUT2D eigenvalue weighted by Crippen LogP contribution is 2.34. The quantitative estimate of drug-likeness (QED) is 0.654. The van der Waals surface area contributed by atoms with Gasteiger partial charge >= 0.3 is 0 Å². The van der Waals surface area contributed by atoms with Crippen molar-refractivity contribution in [1.82, 2.24) is 9.97 Å². The number of aromatic nitrogens is 2. The van der Waals surface area contributed by atoms with E-state index in [4.69, 9.17) is 4.74 Å². The molecule has 0 bridgehead atoms. The lowest BCUT2D eigenvalue weighted by Gasteiger charge is -2.11. The van der Waals surface area contributed by atoms with Gasteiger partial charge < -0.3 is 10.1 Å². The Morgan fingerprint density at radius 2 is 1.64 bits per heavy atom. The van der Waals surface area contributed by atoms with E-state index in [1.807, 2.05) is 30.3 Å². The van der Waals surface area contributed by atoms with E-state index >= 15 is 0 Å². The van der Waals surface area contributed by atoms with Gasteiger partial charge in [-0.1, -0.05) is 43.2 Å². The molecule has 126 valence electrons. The number of hydrogen-bond acceptors (Lipinski definition) is 4. The molecule has 3 aromatic rings. The largest absolute Gasteiger partial charge is 0.439 e. The van der Waals surface area contributed by atoms with E-state index in [-0.39, 0.29) is 0 Å². The van der Waals surface area contributed by atoms with Crippen LogP contribution >= 0.6 is 0 Å². The highest BCUT2D eigenvalue weighted by Gasteiger charge is 2.16. The van der Waals surface area contributed by atoms with Crippen molar-refractivity contribution >= 4 is 11.6 Å². The summed E-state index contributed by atoms with van der Waals surface area (Å²) in [6, 6.07) is 20.0. The highest BCUT2D eigenvalue weighted by atomic mass is 16.5. The number of benzene rings is 2. The summed E-state index contributed by atoms with van der Waals surface area (Å²) in [5, 5.41) is 3.25. The highest BCUT2D eigenvalue weighted by molar-refractivity contribution is 5.54. The van der Waals surface area contributed by atoms with Crippen LogP contribution in [0, 0.1) is 0 Å². The normalized spacial score (nSPS) is 14.4. The molecule has 1 aliphatic rings. The maximum absolute atomic E-state index is 5.75. The van der Waals surface area contributed by atoms with Crippen molar-refractivity contribution < 1.29 is 4.74 Å². The van der Waals surface area contributed by atoms with E-state index in [2.05, 4.69) is 39.6 Å². The van der Waals surface area contributed by atoms with E-state index in [1.165, 1.54) is 31.2 Å². The van der Waals surface area contributed by atoms with Crippen LogP contribution in [0.25, 0.3) is 0 Å². The zero-order valence-corrected chi connectivity index (χ0v) is 14.1. The van der Waals surface area contributed by atoms with Crippen LogP contribution in [0.1, 0.15) is 37.2 Å². The topological polar surface area (TPSA) is 47.0 Å². The lowest BCUT2D eigenvalue weighted by atomic mass is 9.98. The molecule has 25 heavy (non-hydrogen) atoms. The van der Waals surface area contributed by atoms with Gasteiger partial charge in [0, 0.05) is 18.0 Å². The predicted molar refractivity (Wildman–Crippen MR) is 99.5 cm³/mol. The zero-order chi connectivity index (χ0) is 16.9. The Kier molecular flexibility index (Phi) is 4.59. The number of nitrogens with one attached hydrogen (secondary N) is 1. The van der Waals surface area contributed by atoms with Gasteiger partial charge in [-0.25, -0.2) is 4.98 Å². The molecule has 0 unspecified atom stereocenters. The number of rotatable bonds is 5. The number of nitrogens with zero attached hydrogens (tertiary/aromatic N) is 2. The first-order valence-corrected chi connectivity index (χ1v) is 8.80. The summed E-state index contributed by atoms with van der Waals surface area (Å²) < 4.78 is 5.75. The van der Waals surface area contributed by atoms with Crippen molar-refractivity contribution in [2.24, 2.45) is 0 Å². The Labute approximate surface area is 147 Å². The van der Waals surface area contributed by atoms with Gasteiger partial charge in [-0.15, -0.1) is 0 Å². The maximum atomic E-state index is 5.75. The lowest BCUT2D eigenvalue weighted by Crippen LogP contribution is -1.99. The monoisotopic (exact) mass is 331 g/mol. The molecular weight excluding hydrogens is 310 g/mol. The third-order valence-electron chi connectivity index (χ3n) is 4.59. The van der Waals surface area contributed by atoms with Gasteiger partial charge in [0.2, 0.25) is 11.8 Å². The first-order chi connectivity index (χ1) is 12.4. The van der Waals surface area contributed by atoms with Crippen LogP contribution in [0.4, 0.5) is 11.6 Å². The first-order valence-electron chi connectivity index (χ1n) is 8.80. The minimum Gasteiger partial charge on any atom is -0.439 e. The number of anilines is 2. The minimum atomic E-state index is 0.520. The van der Waals surface area contributed by atoms with Crippen LogP contribution in [-0.2, 0) is 0 Å². The fraction of sp³-hybridized carbons (Fsp3) is 0.238. The second-order valence-electron chi connectivity index (χ2n) is 6.36. The average Bonchev–Trinajstić information content (AvgIpc) is 3.18. The van der Waals surface area contributed by atoms with Crippen LogP contribution in [-0.4, -0.2) is 9.97 Å². The second-order valence-corrected chi connectivity index (χ2v) is 6.36. The lowest BCUT2D eigenvalue weighted by molar-refractivity contribution is 0.462. The Hall–Kier alpha value is -2.88. The van der Waals surface area contributed by atoms with Gasteiger partial charge in [0.1, 0.15) is 5.75 Å². The zero-order valence-electron chi connectivity index (χ0n) is 14.1. The van der Waals surface area contributed by atoms with E-state index in [0.29, 0.717) is 11.8 Å². The Bertz CT molecular complexity index is 812. The molecule has 0 radical (unpaired) electrons. The summed E-state index contributed by atoms with van der Waals surface area (Å²) >= 11 is 0. The molecule has 1 saturated carbocycles. The van der Waals surface area contributed by atoms with Crippen molar-refractivity contribution in [3.63, 3.8) is 0 Å². The molecule has 0 spiro atoms. The van der Waals surface area contributed by atoms with E-state index in [9.17, 15) is 0 Å². The third-order valence-corrected chi connectivity index (χ3v) is 4.59. The second kappa shape index (κ2) is 7.34. The van der Waals surface area contributed by atoms with Gasteiger partial charge in [-0.05, 0) is 48.6 Å². The van der Waals surface area contributed by atoms with Gasteiger partial charge in [0.15, 0.2) is 0 Å². The summed E-state index contributed by atoms with van der Waals surface area (Å²) in [5.74, 6) is 2.54. The van der Waals surface area contributed by atoms with Gasteiger partial charge in [-0.3, -0.25) is 0 Å². The van der Waals surface area contributed by atoms with Gasteiger partial charge in [0.25, 0.3) is 0 Å². The number of ether oxygens (including phenoxy) is 1. The van der Waals surface area contributed by atoms with Crippen molar-refractivity contribution in [2.45, 2.75) is 31.6 Å². The molecule has 4 heteroatoms. The minimum absolute atomic E-state index is 0.520. The molecule has 0 saturated heterocycles. The summed E-state index contributed by atoms with van der Waals surface area (Å²) in [5.41, 5.74) is 2.42. The molecule has 0 atom stereocenters. The smallest absolute Gasteiger partial charge is 0.230 e. The van der Waals surface area contributed by atoms with Gasteiger partial charge in [0.05, 0.1) is 0 Å². The third kappa shape index (κ3) is 3.97. The van der Waals surface area contributed by atoms with Gasteiger partial charge in [-0.2, -0.15) is 4.98 Å². The Morgan fingerprint density at radius 3 is 2.40 bits per heavy atom. The fourth-order valence-corrected chi connectivity index (χ4v) is 3.30. The molecule has 0 aliphatic heterocycles. The molecule has 1 fully saturated rings. The van der Waals surface area contributed by atoms with Crippen LogP contribution in [0.5, 0.6) is 11.6 Å². The Balaban J connectivity index is 1.44. The molecule has 4 rings (SSSR count). The van der Waals surface area contributed by atoms with Crippen molar-refractivity contribution in [3.8, 4) is 11.6 Å². The molecule has 1 heterocycles. The molecule has 1 aromatic heterocycles. The maximum Gasteiger partial charge on any atom is 0.230 e. The van der Waals surface area contributed by atoms with E-state index in [1.54, 1.807) is 12.3 Å². The standard InChI is InChI=1S/C21H21N3O/c1-2-8-19(9-3-1)25-20-14-15-22-21(24-20)23-18-12-10-17(11-13-18)16-6-4-5-7-16/h1-3,8-16H,4-7H2,(H,22,23,24). The van der Waals surface area contributed by atoms with Crippen LogP contribution in [0.3, 0.4) is 0 Å². The van der Waals surface area contributed by atoms with Crippen molar-refractivity contribution in [1.29, 1.82) is 0 Å². The predicted octanol–water partition coefficient (Wildman–Crippen LogP) is 5.67. The first kappa shape index (κ1) is 15.6. The molecular formula is C21H21N3O. The molecule has 2 aromatic carbocycles. The van der Waals surface area contributed by atoms with E-state index in [0.717, 1.165) is 17.4 Å². The Morgan fingerprint density at radius 1 is 0.880 bits per heavy atom. The van der Waals surface area contributed by atoms with Crippen LogP contribution in [0.15, 0.2) is 66.9 Å². The summed E-state index contributed by atoms with van der Waals surface area (Å²) in [7, 11) is 0. The fourth-order valence-electron chi connectivity index (χ4n) is 3.30. The SMILES string of the molecule is c1ccc(Oc2ccnc(Nc3ccc(C4CCCC4)cc3)n2)cc1.